The summed E-state index contributed by atoms with van der Waals surface area (Å²) in [5, 5.41) is 9.91. The van der Waals surface area contributed by atoms with Crippen LogP contribution in [0.3, 0.4) is 0 Å². The number of carbonyl (C=O) groups is 1. The Kier molecular flexibility index (Phi) is 9.08. The average Bonchev–Trinajstić information content (AvgIpc) is 3.14. The topological polar surface area (TPSA) is 72.1 Å². The number of thiazole rings is 1. The Bertz CT molecular complexity index is 1350. The third-order valence-corrected chi connectivity index (χ3v) is 6.39. The maximum absolute atomic E-state index is 13.3. The first-order valence-electron chi connectivity index (χ1n) is 11.3. The second kappa shape index (κ2) is 12.2. The zero-order valence-corrected chi connectivity index (χ0v) is 20.2. The number of aryl methyl sites for hydroxylation is 1. The average molecular weight is 479 g/mol. The molecule has 5 nitrogen and oxygen atoms in total. The van der Waals surface area contributed by atoms with Crippen molar-refractivity contribution in [1.29, 1.82) is 5.26 Å². The summed E-state index contributed by atoms with van der Waals surface area (Å²) in [6, 6.07) is 15.1. The van der Waals surface area contributed by atoms with Gasteiger partial charge < -0.3 is 4.74 Å². The van der Waals surface area contributed by atoms with Crippen molar-refractivity contribution < 1.29 is 13.9 Å². The van der Waals surface area contributed by atoms with Gasteiger partial charge in [0.25, 0.3) is 5.56 Å². The Balaban J connectivity index is 2.13. The predicted octanol–water partition coefficient (Wildman–Crippen LogP) is 3.81. The number of rotatable bonds is 10. The molecule has 0 aliphatic heterocycles. The first kappa shape index (κ1) is 25.3. The quantitative estimate of drug-likeness (QED) is 0.328. The minimum atomic E-state index is -0.418. The van der Waals surface area contributed by atoms with E-state index < -0.39 is 5.78 Å². The van der Waals surface area contributed by atoms with Crippen molar-refractivity contribution in [1.82, 2.24) is 4.57 Å². The lowest BCUT2D eigenvalue weighted by Crippen LogP contribution is -2.33. The van der Waals surface area contributed by atoms with E-state index in [1.807, 2.05) is 25.1 Å². The number of nitriles is 1. The smallest absolute Gasteiger partial charge is 0.269 e. The summed E-state index contributed by atoms with van der Waals surface area (Å²) in [6.07, 6.45) is 4.12. The molecular weight excluding hydrogens is 451 g/mol. The lowest BCUT2D eigenvalue weighted by Gasteiger charge is -2.05. The zero-order valence-electron chi connectivity index (χ0n) is 19.3. The number of halogens is 1. The molecular formula is C27H27FN2O3S. The molecule has 0 atom stereocenters. The monoisotopic (exact) mass is 478 g/mol. The van der Waals surface area contributed by atoms with E-state index in [2.05, 4.69) is 6.92 Å². The lowest BCUT2D eigenvalue weighted by molar-refractivity contribution is 0.105. The highest BCUT2D eigenvalue weighted by molar-refractivity contribution is 7.07. The molecule has 0 unspecified atom stereocenters. The van der Waals surface area contributed by atoms with E-state index in [1.165, 1.54) is 16.7 Å². The van der Waals surface area contributed by atoms with Crippen molar-refractivity contribution in [3.8, 4) is 6.07 Å². The van der Waals surface area contributed by atoms with E-state index in [4.69, 9.17) is 4.74 Å². The summed E-state index contributed by atoms with van der Waals surface area (Å²) in [6.45, 7) is 5.32. The number of hydrogen-bond acceptors (Lipinski definition) is 5. The van der Waals surface area contributed by atoms with Crippen molar-refractivity contribution in [2.24, 2.45) is 0 Å². The number of benzene rings is 2. The van der Waals surface area contributed by atoms with Crippen LogP contribution in [-0.4, -0.2) is 23.6 Å². The van der Waals surface area contributed by atoms with E-state index >= 15 is 0 Å². The van der Waals surface area contributed by atoms with Crippen LogP contribution in [-0.2, 0) is 17.7 Å². The summed E-state index contributed by atoms with van der Waals surface area (Å²) >= 11 is 1.10. The second-order valence-corrected chi connectivity index (χ2v) is 8.77. The van der Waals surface area contributed by atoms with Crippen molar-refractivity contribution in [3.05, 3.63) is 90.6 Å². The Morgan fingerprint density at radius 1 is 1.15 bits per heavy atom. The van der Waals surface area contributed by atoms with Gasteiger partial charge in [-0.25, -0.2) is 4.39 Å². The fourth-order valence-corrected chi connectivity index (χ4v) is 4.66. The molecule has 0 aliphatic carbocycles. The summed E-state index contributed by atoms with van der Waals surface area (Å²) in [5.41, 5.74) is 1.82. The lowest BCUT2D eigenvalue weighted by atomic mass is 10.0. The number of carbonyl (C=O) groups excluding carboxylic acids is 1. The second-order valence-electron chi connectivity index (χ2n) is 7.74. The molecule has 0 fully saturated rings. The highest BCUT2D eigenvalue weighted by Crippen LogP contribution is 2.12. The molecule has 176 valence electrons. The molecule has 1 aromatic heterocycles. The van der Waals surface area contributed by atoms with Gasteiger partial charge in [-0.05, 0) is 49.1 Å². The van der Waals surface area contributed by atoms with Crippen LogP contribution in [0.2, 0.25) is 0 Å². The number of ketones is 1. The van der Waals surface area contributed by atoms with Crippen LogP contribution in [0.25, 0.3) is 11.6 Å². The molecule has 34 heavy (non-hydrogen) atoms. The van der Waals surface area contributed by atoms with Gasteiger partial charge in [0, 0.05) is 25.3 Å². The SMILES string of the molecule is CCCc1ccc(C(=O)/C(C#N)=c2\s/c(=C\c3ccc(F)cc3)c(=O)n2CCCOCC)cc1. The number of hydrogen-bond donors (Lipinski definition) is 0. The summed E-state index contributed by atoms with van der Waals surface area (Å²) < 4.78 is 20.8. The van der Waals surface area contributed by atoms with Gasteiger partial charge in [0.2, 0.25) is 5.78 Å². The van der Waals surface area contributed by atoms with Crippen LogP contribution in [0.4, 0.5) is 4.39 Å². The Morgan fingerprint density at radius 2 is 1.85 bits per heavy atom. The predicted molar refractivity (Wildman–Crippen MR) is 133 cm³/mol. The van der Waals surface area contributed by atoms with Gasteiger partial charge in [-0.2, -0.15) is 5.26 Å². The van der Waals surface area contributed by atoms with Crippen molar-refractivity contribution in [2.75, 3.05) is 13.2 Å². The fourth-order valence-electron chi connectivity index (χ4n) is 3.54. The molecule has 3 aromatic rings. The van der Waals surface area contributed by atoms with Gasteiger partial charge in [0.15, 0.2) is 0 Å². The van der Waals surface area contributed by atoms with Gasteiger partial charge in [0.05, 0.1) is 4.53 Å². The van der Waals surface area contributed by atoms with E-state index in [9.17, 15) is 19.2 Å². The van der Waals surface area contributed by atoms with Crippen LogP contribution in [0, 0.1) is 17.1 Å². The standard InChI is InChI=1S/C27H27FN2O3S/c1-3-6-19-7-11-21(12-8-19)25(31)23(18-29)27-30(15-5-16-33-4-2)26(32)24(34-27)17-20-9-13-22(28)14-10-20/h7-14,17H,3-6,15-16H2,1-2H3/b24-17-,27-23-. The maximum Gasteiger partial charge on any atom is 0.269 e. The molecule has 0 bridgehead atoms. The largest absolute Gasteiger partial charge is 0.382 e. The molecule has 0 spiro atoms. The van der Waals surface area contributed by atoms with Gasteiger partial charge in [-0.1, -0.05) is 49.7 Å². The minimum Gasteiger partial charge on any atom is -0.382 e. The number of nitrogens with zero attached hydrogens (tertiary/aromatic N) is 2. The molecule has 0 saturated carbocycles. The molecule has 1 heterocycles. The van der Waals surface area contributed by atoms with Crippen LogP contribution in [0.15, 0.2) is 53.3 Å². The van der Waals surface area contributed by atoms with Gasteiger partial charge in [0.1, 0.15) is 22.1 Å². The van der Waals surface area contributed by atoms with Crippen molar-refractivity contribution in [3.63, 3.8) is 0 Å². The summed E-state index contributed by atoms with van der Waals surface area (Å²) in [7, 11) is 0. The highest BCUT2D eigenvalue weighted by atomic mass is 32.1. The van der Waals surface area contributed by atoms with Crippen molar-refractivity contribution >= 4 is 28.8 Å². The highest BCUT2D eigenvalue weighted by Gasteiger charge is 2.17. The van der Waals surface area contributed by atoms with Gasteiger partial charge in [-0.3, -0.25) is 14.2 Å². The Labute approximate surface area is 202 Å². The van der Waals surface area contributed by atoms with E-state index in [1.54, 1.807) is 30.3 Å². The molecule has 0 N–H and O–H groups in total. The van der Waals surface area contributed by atoms with E-state index in [0.29, 0.717) is 46.5 Å². The Hall–Kier alpha value is -3.34. The van der Waals surface area contributed by atoms with Crippen molar-refractivity contribution in [2.45, 2.75) is 39.7 Å². The fraction of sp³-hybridized carbons (Fsp3) is 0.296. The molecule has 0 aliphatic rings. The number of Topliss-reactive ketones (excluding diaryl/α,β-unsaturated/α-hetero) is 1. The first-order chi connectivity index (χ1) is 16.5. The summed E-state index contributed by atoms with van der Waals surface area (Å²) in [4.78, 5) is 26.5. The van der Waals surface area contributed by atoms with Crippen LogP contribution < -0.4 is 14.8 Å². The molecule has 3 rings (SSSR count). The summed E-state index contributed by atoms with van der Waals surface area (Å²) in [5.74, 6) is -0.785. The number of aromatic nitrogens is 1. The molecule has 0 radical (unpaired) electrons. The van der Waals surface area contributed by atoms with E-state index in [-0.39, 0.29) is 16.9 Å². The van der Waals surface area contributed by atoms with E-state index in [0.717, 1.165) is 29.7 Å². The molecule has 0 amide bonds. The molecule has 7 heteroatoms. The zero-order chi connectivity index (χ0) is 24.5. The van der Waals surface area contributed by atoms with Crippen LogP contribution >= 0.6 is 11.3 Å². The maximum atomic E-state index is 13.3. The van der Waals surface area contributed by atoms with Crippen LogP contribution in [0.5, 0.6) is 0 Å². The number of ether oxygens (including phenoxy) is 1. The normalized spacial score (nSPS) is 12.5. The first-order valence-corrected chi connectivity index (χ1v) is 12.1. The van der Waals surface area contributed by atoms with Gasteiger partial charge >= 0.3 is 0 Å². The third kappa shape index (κ3) is 6.16. The Morgan fingerprint density at radius 3 is 2.47 bits per heavy atom. The third-order valence-electron chi connectivity index (χ3n) is 5.26. The van der Waals surface area contributed by atoms with Gasteiger partial charge in [-0.15, -0.1) is 11.3 Å². The minimum absolute atomic E-state index is 0.0690. The van der Waals surface area contributed by atoms with Crippen LogP contribution in [0.1, 0.15) is 48.2 Å². The molecule has 2 aromatic carbocycles. The molecule has 0 saturated heterocycles.